The van der Waals surface area contributed by atoms with Crippen LogP contribution in [-0.4, -0.2) is 36.6 Å². The van der Waals surface area contributed by atoms with Gasteiger partial charge in [-0.2, -0.15) is 0 Å². The van der Waals surface area contributed by atoms with E-state index in [1.54, 1.807) is 11.3 Å². The Morgan fingerprint density at radius 2 is 2.00 bits per heavy atom. The molecule has 0 radical (unpaired) electrons. The summed E-state index contributed by atoms with van der Waals surface area (Å²) < 4.78 is 0. The smallest absolute Gasteiger partial charge is 0.319 e. The maximum Gasteiger partial charge on any atom is 0.319 e. The maximum atomic E-state index is 11.8. The van der Waals surface area contributed by atoms with E-state index in [9.17, 15) is 4.79 Å². The molecule has 4 nitrogen and oxygen atoms in total. The molecule has 2 heterocycles. The van der Waals surface area contributed by atoms with Gasteiger partial charge < -0.3 is 10.2 Å². The molecule has 21 heavy (non-hydrogen) atoms. The number of anilines is 1. The molecule has 2 amide bonds. The second kappa shape index (κ2) is 7.27. The molecule has 1 aromatic rings. The molecule has 0 aromatic carbocycles. The molecule has 1 aliphatic heterocycles. The third-order valence-corrected chi connectivity index (χ3v) is 5.58. The third kappa shape index (κ3) is 4.20. The summed E-state index contributed by atoms with van der Waals surface area (Å²) in [4.78, 5) is 14.5. The van der Waals surface area contributed by atoms with Gasteiger partial charge in [0.15, 0.2) is 0 Å². The lowest BCUT2D eigenvalue weighted by Crippen LogP contribution is -2.43. The van der Waals surface area contributed by atoms with Crippen LogP contribution in [0.4, 0.5) is 9.80 Å². The molecule has 0 bridgehead atoms. The summed E-state index contributed by atoms with van der Waals surface area (Å²) in [6.45, 7) is 3.23. The Morgan fingerprint density at radius 1 is 1.24 bits per heavy atom. The van der Waals surface area contributed by atoms with Crippen LogP contribution in [0.3, 0.4) is 0 Å². The van der Waals surface area contributed by atoms with Gasteiger partial charge in [-0.1, -0.05) is 12.8 Å². The highest BCUT2D eigenvalue weighted by atomic mass is 32.1. The van der Waals surface area contributed by atoms with Crippen LogP contribution >= 0.6 is 11.3 Å². The van der Waals surface area contributed by atoms with Crippen LogP contribution < -0.4 is 10.6 Å². The second-order valence-electron chi connectivity index (χ2n) is 6.23. The van der Waals surface area contributed by atoms with E-state index >= 15 is 0 Å². The normalized spacial score (nSPS) is 21.5. The first-order chi connectivity index (χ1) is 10.3. The van der Waals surface area contributed by atoms with Gasteiger partial charge in [-0.25, -0.2) is 4.79 Å². The van der Waals surface area contributed by atoms with Gasteiger partial charge in [-0.05, 0) is 62.2 Å². The lowest BCUT2D eigenvalue weighted by Gasteiger charge is -2.36. The molecule has 0 unspecified atom stereocenters. The van der Waals surface area contributed by atoms with Crippen molar-refractivity contribution in [1.29, 1.82) is 0 Å². The molecule has 1 aromatic heterocycles. The van der Waals surface area contributed by atoms with Crippen molar-refractivity contribution in [2.75, 3.05) is 25.0 Å². The van der Waals surface area contributed by atoms with E-state index in [4.69, 9.17) is 0 Å². The van der Waals surface area contributed by atoms with Gasteiger partial charge in [-0.3, -0.25) is 5.32 Å². The average Bonchev–Trinajstić information content (AvgIpc) is 3.19. The Balaban J connectivity index is 1.34. The Kier molecular flexibility index (Phi) is 5.14. The van der Waals surface area contributed by atoms with Crippen molar-refractivity contribution in [3.8, 4) is 0 Å². The summed E-state index contributed by atoms with van der Waals surface area (Å²) in [7, 11) is 0. The molecule has 116 valence electrons. The third-order valence-electron chi connectivity index (χ3n) is 4.80. The number of piperidine rings is 1. The van der Waals surface area contributed by atoms with Crippen molar-refractivity contribution in [3.63, 3.8) is 0 Å². The van der Waals surface area contributed by atoms with Crippen molar-refractivity contribution in [3.05, 3.63) is 17.5 Å². The van der Waals surface area contributed by atoms with Crippen LogP contribution in [0.2, 0.25) is 0 Å². The first kappa shape index (κ1) is 14.9. The summed E-state index contributed by atoms with van der Waals surface area (Å²) in [6.07, 6.45) is 8.05. The second-order valence-corrected chi connectivity index (χ2v) is 7.18. The zero-order valence-electron chi connectivity index (χ0n) is 12.5. The molecule has 2 N–H and O–H groups in total. The van der Waals surface area contributed by atoms with Crippen LogP contribution in [0.25, 0.3) is 0 Å². The number of thiophene rings is 1. The molecule has 0 atom stereocenters. The first-order valence-corrected chi connectivity index (χ1v) is 9.01. The van der Waals surface area contributed by atoms with Crippen LogP contribution in [0.5, 0.6) is 0 Å². The number of carbonyl (C=O) groups is 1. The van der Waals surface area contributed by atoms with Crippen LogP contribution in [0, 0.1) is 5.92 Å². The molecule has 1 saturated heterocycles. The molecule has 1 saturated carbocycles. The monoisotopic (exact) mass is 307 g/mol. The minimum Gasteiger partial charge on any atom is -0.338 e. The number of hydrogen-bond donors (Lipinski definition) is 2. The van der Waals surface area contributed by atoms with E-state index in [2.05, 4.69) is 15.5 Å². The lowest BCUT2D eigenvalue weighted by molar-refractivity contribution is 0.134. The van der Waals surface area contributed by atoms with Crippen molar-refractivity contribution in [2.45, 2.75) is 44.6 Å². The van der Waals surface area contributed by atoms with Crippen molar-refractivity contribution in [2.24, 2.45) is 5.92 Å². The van der Waals surface area contributed by atoms with Gasteiger partial charge >= 0.3 is 6.03 Å². The highest BCUT2D eigenvalue weighted by Gasteiger charge is 2.27. The van der Waals surface area contributed by atoms with Crippen molar-refractivity contribution >= 4 is 22.4 Å². The summed E-state index contributed by atoms with van der Waals surface area (Å²) in [5.41, 5.74) is 0. The standard InChI is InChI=1S/C16H25N3OS/c20-16(18-15-6-3-11-21-15)17-12-13-7-9-19(10-8-13)14-4-1-2-5-14/h3,6,11,13-14H,1-2,4-5,7-10,12H2,(H2,17,18,20). The Morgan fingerprint density at radius 3 is 2.67 bits per heavy atom. The lowest BCUT2D eigenvalue weighted by atomic mass is 9.95. The summed E-state index contributed by atoms with van der Waals surface area (Å²) in [5.74, 6) is 0.636. The predicted octanol–water partition coefficient (Wildman–Crippen LogP) is 3.52. The van der Waals surface area contributed by atoms with Crippen molar-refractivity contribution < 1.29 is 4.79 Å². The maximum absolute atomic E-state index is 11.8. The Hall–Kier alpha value is -1.07. The zero-order chi connectivity index (χ0) is 14.5. The summed E-state index contributed by atoms with van der Waals surface area (Å²) in [5, 5.41) is 8.76. The van der Waals surface area contributed by atoms with Crippen LogP contribution in [0.15, 0.2) is 17.5 Å². The number of nitrogens with zero attached hydrogens (tertiary/aromatic N) is 1. The summed E-state index contributed by atoms with van der Waals surface area (Å²) in [6, 6.07) is 4.64. The highest BCUT2D eigenvalue weighted by molar-refractivity contribution is 7.14. The fraction of sp³-hybridized carbons (Fsp3) is 0.688. The molecular formula is C16H25N3OS. The number of carbonyl (C=O) groups excluding carboxylic acids is 1. The Labute approximate surface area is 130 Å². The van der Waals surface area contributed by atoms with E-state index in [-0.39, 0.29) is 6.03 Å². The molecule has 0 spiro atoms. The average molecular weight is 307 g/mol. The topological polar surface area (TPSA) is 44.4 Å². The molecule has 2 aliphatic rings. The number of amides is 2. The number of nitrogens with one attached hydrogen (secondary N) is 2. The molecule has 1 aliphatic carbocycles. The van der Waals surface area contributed by atoms with Gasteiger partial charge in [0.1, 0.15) is 0 Å². The van der Waals surface area contributed by atoms with Gasteiger partial charge in [0.2, 0.25) is 0 Å². The van der Waals surface area contributed by atoms with Gasteiger partial charge in [0.05, 0.1) is 5.00 Å². The fourth-order valence-corrected chi connectivity index (χ4v) is 4.15. The molecule has 3 rings (SSSR count). The number of likely N-dealkylation sites (tertiary alicyclic amines) is 1. The van der Waals surface area contributed by atoms with Gasteiger partial charge in [0, 0.05) is 12.6 Å². The van der Waals surface area contributed by atoms with E-state index < -0.39 is 0 Å². The highest BCUT2D eigenvalue weighted by Crippen LogP contribution is 2.27. The molecule has 5 heteroatoms. The van der Waals surface area contributed by atoms with Crippen LogP contribution in [0.1, 0.15) is 38.5 Å². The van der Waals surface area contributed by atoms with Crippen LogP contribution in [-0.2, 0) is 0 Å². The molecule has 2 fully saturated rings. The predicted molar refractivity (Wildman–Crippen MR) is 87.9 cm³/mol. The zero-order valence-corrected chi connectivity index (χ0v) is 13.3. The largest absolute Gasteiger partial charge is 0.338 e. The summed E-state index contributed by atoms with van der Waals surface area (Å²) >= 11 is 1.55. The van der Waals surface area contributed by atoms with Gasteiger partial charge in [0.25, 0.3) is 0 Å². The quantitative estimate of drug-likeness (QED) is 0.894. The number of hydrogen-bond acceptors (Lipinski definition) is 3. The van der Waals surface area contributed by atoms with Gasteiger partial charge in [-0.15, -0.1) is 11.3 Å². The first-order valence-electron chi connectivity index (χ1n) is 8.13. The minimum absolute atomic E-state index is 0.0735. The minimum atomic E-state index is -0.0735. The number of urea groups is 1. The number of rotatable bonds is 4. The SMILES string of the molecule is O=C(NCC1CCN(C2CCCC2)CC1)Nc1cccs1. The van der Waals surface area contributed by atoms with Crippen molar-refractivity contribution in [1.82, 2.24) is 10.2 Å². The van der Waals surface area contributed by atoms with E-state index in [1.807, 2.05) is 17.5 Å². The van der Waals surface area contributed by atoms with E-state index in [0.717, 1.165) is 17.6 Å². The Bertz CT molecular complexity index is 434. The fourth-order valence-electron chi connectivity index (χ4n) is 3.53. The van der Waals surface area contributed by atoms with E-state index in [1.165, 1.54) is 51.6 Å². The van der Waals surface area contributed by atoms with E-state index in [0.29, 0.717) is 5.92 Å². The molecular weight excluding hydrogens is 282 g/mol.